The topological polar surface area (TPSA) is 43.9 Å². The van der Waals surface area contributed by atoms with Crippen molar-refractivity contribution in [2.24, 2.45) is 0 Å². The maximum atomic E-state index is 12.7. The van der Waals surface area contributed by atoms with E-state index in [-0.39, 0.29) is 11.8 Å². The lowest BCUT2D eigenvalue weighted by atomic mass is 10.1. The molecule has 0 spiro atoms. The first kappa shape index (κ1) is 21.1. The van der Waals surface area contributed by atoms with Crippen LogP contribution in [-0.4, -0.2) is 65.8 Å². The summed E-state index contributed by atoms with van der Waals surface area (Å²) in [6.45, 7) is 8.68. The van der Waals surface area contributed by atoms with Crippen LogP contribution in [-0.2, 0) is 22.6 Å². The molecular weight excluding hydrogens is 362 g/mol. The molecule has 0 N–H and O–H groups in total. The zero-order valence-corrected chi connectivity index (χ0v) is 17.5. The Morgan fingerprint density at radius 2 is 1.55 bits per heavy atom. The fourth-order valence-corrected chi connectivity index (χ4v) is 3.62. The van der Waals surface area contributed by atoms with Gasteiger partial charge in [-0.3, -0.25) is 14.5 Å². The number of rotatable bonds is 7. The molecule has 0 aromatic heterocycles. The molecule has 2 aromatic carbocycles. The van der Waals surface area contributed by atoms with Gasteiger partial charge in [0.25, 0.3) is 0 Å². The van der Waals surface area contributed by atoms with Gasteiger partial charge in [-0.1, -0.05) is 60.2 Å². The summed E-state index contributed by atoms with van der Waals surface area (Å²) >= 11 is 0. The van der Waals surface area contributed by atoms with Crippen molar-refractivity contribution in [1.82, 2.24) is 14.7 Å². The van der Waals surface area contributed by atoms with Crippen LogP contribution >= 0.6 is 0 Å². The van der Waals surface area contributed by atoms with Gasteiger partial charge >= 0.3 is 0 Å². The first-order chi connectivity index (χ1) is 14.0. The molecule has 1 aliphatic heterocycles. The van der Waals surface area contributed by atoms with E-state index in [0.29, 0.717) is 39.1 Å². The van der Waals surface area contributed by atoms with Crippen LogP contribution in [0.3, 0.4) is 0 Å². The predicted molar refractivity (Wildman–Crippen MR) is 115 cm³/mol. The van der Waals surface area contributed by atoms with Gasteiger partial charge in [-0.25, -0.2) is 0 Å². The summed E-state index contributed by atoms with van der Waals surface area (Å²) in [4.78, 5) is 31.3. The van der Waals surface area contributed by atoms with Crippen molar-refractivity contribution in [2.75, 3.05) is 39.3 Å². The molecule has 5 heteroatoms. The third kappa shape index (κ3) is 6.16. The number of piperazine rings is 1. The Kier molecular flexibility index (Phi) is 7.42. The second-order valence-electron chi connectivity index (χ2n) is 7.71. The molecule has 0 unspecified atom stereocenters. The van der Waals surface area contributed by atoms with Gasteiger partial charge in [0.2, 0.25) is 11.8 Å². The van der Waals surface area contributed by atoms with Crippen molar-refractivity contribution < 1.29 is 9.59 Å². The average molecular weight is 394 g/mol. The van der Waals surface area contributed by atoms with Crippen molar-refractivity contribution in [3.8, 4) is 0 Å². The minimum Gasteiger partial charge on any atom is -0.340 e. The minimum atomic E-state index is 0.149. The average Bonchev–Trinajstić information content (AvgIpc) is 2.74. The number of carbonyl (C=O) groups excluding carboxylic acids is 2. The number of amides is 2. The monoisotopic (exact) mass is 393 g/mol. The fraction of sp³-hybridized carbons (Fsp3) is 0.417. The van der Waals surface area contributed by atoms with E-state index in [9.17, 15) is 9.59 Å². The van der Waals surface area contributed by atoms with Crippen LogP contribution in [0.4, 0.5) is 0 Å². The van der Waals surface area contributed by atoms with Gasteiger partial charge in [0.05, 0.1) is 13.0 Å². The van der Waals surface area contributed by atoms with Crippen molar-refractivity contribution in [3.63, 3.8) is 0 Å². The second-order valence-corrected chi connectivity index (χ2v) is 7.71. The molecule has 1 aliphatic rings. The van der Waals surface area contributed by atoms with E-state index in [1.165, 1.54) is 5.56 Å². The van der Waals surface area contributed by atoms with Gasteiger partial charge in [0, 0.05) is 39.3 Å². The lowest BCUT2D eigenvalue weighted by Crippen LogP contribution is -2.51. The standard InChI is InChI=1S/C24H31N3O2/c1-3-26(18-22-7-5-4-6-8-22)24(29)19-25-13-15-27(16-14-25)23(28)17-21-11-9-20(2)10-12-21/h4-12H,3,13-19H2,1-2H3. The Labute approximate surface area is 173 Å². The number of benzene rings is 2. The highest BCUT2D eigenvalue weighted by molar-refractivity contribution is 5.79. The molecule has 154 valence electrons. The number of hydrogen-bond donors (Lipinski definition) is 0. The molecule has 2 amide bonds. The highest BCUT2D eigenvalue weighted by atomic mass is 16.2. The van der Waals surface area contributed by atoms with Crippen molar-refractivity contribution in [1.29, 1.82) is 0 Å². The minimum absolute atomic E-state index is 0.149. The maximum Gasteiger partial charge on any atom is 0.237 e. The molecule has 2 aromatic rings. The van der Waals surface area contributed by atoms with Crippen LogP contribution in [0.5, 0.6) is 0 Å². The molecule has 29 heavy (non-hydrogen) atoms. The number of nitrogens with zero attached hydrogens (tertiary/aromatic N) is 3. The Morgan fingerprint density at radius 1 is 0.897 bits per heavy atom. The second kappa shape index (κ2) is 10.2. The molecule has 0 aliphatic carbocycles. The highest BCUT2D eigenvalue weighted by Crippen LogP contribution is 2.10. The van der Waals surface area contributed by atoms with Gasteiger partial charge in [0.1, 0.15) is 0 Å². The van der Waals surface area contributed by atoms with Gasteiger partial charge < -0.3 is 9.80 Å². The summed E-state index contributed by atoms with van der Waals surface area (Å²) in [7, 11) is 0. The van der Waals surface area contributed by atoms with E-state index in [4.69, 9.17) is 0 Å². The van der Waals surface area contributed by atoms with Crippen molar-refractivity contribution in [2.45, 2.75) is 26.8 Å². The van der Waals surface area contributed by atoms with E-state index in [1.807, 2.05) is 78.2 Å². The van der Waals surface area contributed by atoms with Gasteiger partial charge in [-0.2, -0.15) is 0 Å². The molecule has 1 heterocycles. The van der Waals surface area contributed by atoms with Crippen LogP contribution in [0.1, 0.15) is 23.6 Å². The van der Waals surface area contributed by atoms with E-state index in [1.54, 1.807) is 0 Å². The first-order valence-electron chi connectivity index (χ1n) is 10.4. The molecule has 5 nitrogen and oxygen atoms in total. The molecule has 0 saturated carbocycles. The predicted octanol–water partition coefficient (Wildman–Crippen LogP) is 2.73. The van der Waals surface area contributed by atoms with E-state index in [2.05, 4.69) is 4.90 Å². The zero-order valence-electron chi connectivity index (χ0n) is 17.5. The molecule has 1 saturated heterocycles. The molecule has 0 bridgehead atoms. The zero-order chi connectivity index (χ0) is 20.6. The van der Waals surface area contributed by atoms with Crippen LogP contribution in [0.15, 0.2) is 54.6 Å². The van der Waals surface area contributed by atoms with Crippen LogP contribution in [0.2, 0.25) is 0 Å². The van der Waals surface area contributed by atoms with E-state index in [0.717, 1.165) is 24.2 Å². The number of aryl methyl sites for hydroxylation is 1. The molecule has 1 fully saturated rings. The Bertz CT molecular complexity index is 797. The lowest BCUT2D eigenvalue weighted by molar-refractivity contribution is -0.135. The maximum absolute atomic E-state index is 12.7. The summed E-state index contributed by atoms with van der Waals surface area (Å²) in [5.74, 6) is 0.315. The summed E-state index contributed by atoms with van der Waals surface area (Å²) in [6, 6.07) is 18.2. The highest BCUT2D eigenvalue weighted by Gasteiger charge is 2.24. The van der Waals surface area contributed by atoms with Crippen molar-refractivity contribution in [3.05, 3.63) is 71.3 Å². The summed E-state index contributed by atoms with van der Waals surface area (Å²) in [5.41, 5.74) is 3.40. The quantitative estimate of drug-likeness (QED) is 0.727. The number of hydrogen-bond acceptors (Lipinski definition) is 3. The Balaban J connectivity index is 1.45. The SMILES string of the molecule is CCN(Cc1ccccc1)C(=O)CN1CCN(C(=O)Cc2ccc(C)cc2)CC1. The largest absolute Gasteiger partial charge is 0.340 e. The third-order valence-corrected chi connectivity index (χ3v) is 5.51. The smallest absolute Gasteiger partial charge is 0.237 e. The molecule has 3 rings (SSSR count). The number of likely N-dealkylation sites (N-methyl/N-ethyl adjacent to an activating group) is 1. The Morgan fingerprint density at radius 3 is 2.17 bits per heavy atom. The van der Waals surface area contributed by atoms with E-state index < -0.39 is 0 Å². The number of carbonyl (C=O) groups is 2. The van der Waals surface area contributed by atoms with Crippen LogP contribution in [0.25, 0.3) is 0 Å². The third-order valence-electron chi connectivity index (χ3n) is 5.51. The normalized spacial score (nSPS) is 14.6. The van der Waals surface area contributed by atoms with Gasteiger partial charge in [0.15, 0.2) is 0 Å². The van der Waals surface area contributed by atoms with Gasteiger partial charge in [-0.05, 0) is 25.0 Å². The van der Waals surface area contributed by atoms with E-state index >= 15 is 0 Å². The van der Waals surface area contributed by atoms with Crippen LogP contribution < -0.4 is 0 Å². The molecule has 0 atom stereocenters. The summed E-state index contributed by atoms with van der Waals surface area (Å²) in [6.07, 6.45) is 0.444. The molecular formula is C24H31N3O2. The molecule has 0 radical (unpaired) electrons. The van der Waals surface area contributed by atoms with Crippen molar-refractivity contribution >= 4 is 11.8 Å². The summed E-state index contributed by atoms with van der Waals surface area (Å²) in [5, 5.41) is 0. The van der Waals surface area contributed by atoms with Gasteiger partial charge in [-0.15, -0.1) is 0 Å². The Hall–Kier alpha value is -2.66. The summed E-state index contributed by atoms with van der Waals surface area (Å²) < 4.78 is 0. The lowest BCUT2D eigenvalue weighted by Gasteiger charge is -2.35. The fourth-order valence-electron chi connectivity index (χ4n) is 3.62. The van der Waals surface area contributed by atoms with Crippen LogP contribution in [0, 0.1) is 6.92 Å². The first-order valence-corrected chi connectivity index (χ1v) is 10.4.